The predicted molar refractivity (Wildman–Crippen MR) is 77.7 cm³/mol. The standard InChI is InChI=1S/C14H20N2O4S/c1-10(15)11-4-6-16(7-5-11)21(17,18)12-2-3-13-14(8-12)20-9-19-13/h2-3,8,10-11H,4-7,9,15H2,1H3. The minimum absolute atomic E-state index is 0.111. The van der Waals surface area contributed by atoms with Crippen molar-refractivity contribution < 1.29 is 17.9 Å². The topological polar surface area (TPSA) is 81.9 Å². The Kier molecular flexibility index (Phi) is 3.81. The average molecular weight is 312 g/mol. The molecule has 0 aliphatic carbocycles. The van der Waals surface area contributed by atoms with Crippen LogP contribution in [0.4, 0.5) is 0 Å². The molecule has 7 heteroatoms. The SMILES string of the molecule is CC(N)C1CCN(S(=O)(=O)c2ccc3c(c2)OCO3)CC1. The number of nitrogens with two attached hydrogens (primary N) is 1. The van der Waals surface area contributed by atoms with Gasteiger partial charge in [-0.15, -0.1) is 0 Å². The summed E-state index contributed by atoms with van der Waals surface area (Å²) in [7, 11) is -3.48. The lowest BCUT2D eigenvalue weighted by Gasteiger charge is -2.32. The molecule has 1 aromatic carbocycles. The second-order valence-corrected chi connectivity index (χ2v) is 7.55. The zero-order valence-electron chi connectivity index (χ0n) is 12.0. The molecule has 2 heterocycles. The highest BCUT2D eigenvalue weighted by atomic mass is 32.2. The van der Waals surface area contributed by atoms with Gasteiger partial charge in [-0.25, -0.2) is 8.42 Å². The summed E-state index contributed by atoms with van der Waals surface area (Å²) >= 11 is 0. The van der Waals surface area contributed by atoms with Gasteiger partial charge in [0.25, 0.3) is 0 Å². The van der Waals surface area contributed by atoms with Crippen molar-refractivity contribution in [2.45, 2.75) is 30.7 Å². The molecule has 3 rings (SSSR count). The molecule has 1 atom stereocenters. The number of nitrogens with zero attached hydrogens (tertiary/aromatic N) is 1. The summed E-state index contributed by atoms with van der Waals surface area (Å²) in [6, 6.07) is 4.86. The van der Waals surface area contributed by atoms with Crippen molar-refractivity contribution in [1.29, 1.82) is 0 Å². The molecule has 21 heavy (non-hydrogen) atoms. The molecule has 6 nitrogen and oxygen atoms in total. The van der Waals surface area contributed by atoms with E-state index >= 15 is 0 Å². The smallest absolute Gasteiger partial charge is 0.243 e. The molecule has 0 saturated carbocycles. The van der Waals surface area contributed by atoms with E-state index in [-0.39, 0.29) is 17.7 Å². The molecule has 0 radical (unpaired) electrons. The second-order valence-electron chi connectivity index (χ2n) is 5.62. The van der Waals surface area contributed by atoms with E-state index in [0.717, 1.165) is 12.8 Å². The van der Waals surface area contributed by atoms with Gasteiger partial charge in [0.2, 0.25) is 16.8 Å². The van der Waals surface area contributed by atoms with Crippen molar-refractivity contribution in [3.05, 3.63) is 18.2 Å². The number of hydrogen-bond donors (Lipinski definition) is 1. The Labute approximate surface area is 124 Å². The Hall–Kier alpha value is -1.31. The highest BCUT2D eigenvalue weighted by molar-refractivity contribution is 7.89. The molecule has 0 bridgehead atoms. The van der Waals surface area contributed by atoms with Gasteiger partial charge in [-0.1, -0.05) is 0 Å². The molecule has 1 saturated heterocycles. The lowest BCUT2D eigenvalue weighted by Crippen LogP contribution is -2.42. The molecule has 2 aliphatic heterocycles. The van der Waals surface area contributed by atoms with Gasteiger partial charge in [-0.05, 0) is 37.8 Å². The van der Waals surface area contributed by atoms with Gasteiger partial charge >= 0.3 is 0 Å². The monoisotopic (exact) mass is 312 g/mol. The largest absolute Gasteiger partial charge is 0.454 e. The highest BCUT2D eigenvalue weighted by Gasteiger charge is 2.31. The lowest BCUT2D eigenvalue weighted by molar-refractivity contribution is 0.174. The van der Waals surface area contributed by atoms with Crippen molar-refractivity contribution in [3.8, 4) is 11.5 Å². The third-order valence-electron chi connectivity index (χ3n) is 4.22. The maximum Gasteiger partial charge on any atom is 0.243 e. The minimum atomic E-state index is -3.48. The maximum absolute atomic E-state index is 12.7. The molecule has 2 N–H and O–H groups in total. The third-order valence-corrected chi connectivity index (χ3v) is 6.12. The van der Waals surface area contributed by atoms with Crippen LogP contribution in [0.3, 0.4) is 0 Å². The highest BCUT2D eigenvalue weighted by Crippen LogP contribution is 2.35. The van der Waals surface area contributed by atoms with Crippen LogP contribution in [0.1, 0.15) is 19.8 Å². The Bertz CT molecular complexity index is 622. The van der Waals surface area contributed by atoms with Crippen LogP contribution in [0.15, 0.2) is 23.1 Å². The van der Waals surface area contributed by atoms with Gasteiger partial charge in [0.15, 0.2) is 11.5 Å². The summed E-state index contributed by atoms with van der Waals surface area (Å²) < 4.78 is 37.3. The molecular formula is C14H20N2O4S. The zero-order chi connectivity index (χ0) is 15.0. The number of rotatable bonds is 3. The van der Waals surface area contributed by atoms with Crippen molar-refractivity contribution >= 4 is 10.0 Å². The predicted octanol–water partition coefficient (Wildman–Crippen LogP) is 1.16. The fourth-order valence-corrected chi connectivity index (χ4v) is 4.31. The molecule has 1 aromatic rings. The van der Waals surface area contributed by atoms with Gasteiger partial charge in [0.1, 0.15) is 0 Å². The van der Waals surface area contributed by atoms with Crippen molar-refractivity contribution in [3.63, 3.8) is 0 Å². The minimum Gasteiger partial charge on any atom is -0.454 e. The van der Waals surface area contributed by atoms with Crippen LogP contribution >= 0.6 is 0 Å². The van der Waals surface area contributed by atoms with E-state index < -0.39 is 10.0 Å². The normalized spacial score (nSPS) is 21.4. The molecule has 0 spiro atoms. The Morgan fingerprint density at radius 3 is 2.57 bits per heavy atom. The average Bonchev–Trinajstić information content (AvgIpc) is 2.94. The van der Waals surface area contributed by atoms with Gasteiger partial charge in [0.05, 0.1) is 4.90 Å². The van der Waals surface area contributed by atoms with E-state index in [4.69, 9.17) is 15.2 Å². The van der Waals surface area contributed by atoms with Crippen molar-refractivity contribution in [1.82, 2.24) is 4.31 Å². The third kappa shape index (κ3) is 2.73. The summed E-state index contributed by atoms with van der Waals surface area (Å²) in [4.78, 5) is 0.256. The van der Waals surface area contributed by atoms with E-state index in [1.54, 1.807) is 12.1 Å². The molecule has 0 aromatic heterocycles. The van der Waals surface area contributed by atoms with Gasteiger partial charge in [-0.2, -0.15) is 4.31 Å². The number of benzene rings is 1. The summed E-state index contributed by atoms with van der Waals surface area (Å²) in [5.74, 6) is 1.47. The van der Waals surface area contributed by atoms with Crippen LogP contribution in [-0.2, 0) is 10.0 Å². The first-order chi connectivity index (χ1) is 9.98. The van der Waals surface area contributed by atoms with Crippen LogP contribution in [0.2, 0.25) is 0 Å². The van der Waals surface area contributed by atoms with E-state index in [0.29, 0.717) is 30.5 Å². The van der Waals surface area contributed by atoms with Gasteiger partial charge in [0, 0.05) is 25.2 Å². The van der Waals surface area contributed by atoms with Crippen molar-refractivity contribution in [2.24, 2.45) is 11.7 Å². The fraction of sp³-hybridized carbons (Fsp3) is 0.571. The van der Waals surface area contributed by atoms with Crippen LogP contribution < -0.4 is 15.2 Å². The van der Waals surface area contributed by atoms with Crippen LogP contribution in [0, 0.1) is 5.92 Å². The maximum atomic E-state index is 12.7. The van der Waals surface area contributed by atoms with Crippen LogP contribution in [-0.4, -0.2) is 38.6 Å². The van der Waals surface area contributed by atoms with E-state index in [1.807, 2.05) is 6.92 Å². The fourth-order valence-electron chi connectivity index (χ4n) is 2.83. The van der Waals surface area contributed by atoms with Crippen LogP contribution in [0.25, 0.3) is 0 Å². The van der Waals surface area contributed by atoms with E-state index in [2.05, 4.69) is 0 Å². The molecule has 1 unspecified atom stereocenters. The molecule has 2 aliphatic rings. The zero-order valence-corrected chi connectivity index (χ0v) is 12.8. The lowest BCUT2D eigenvalue weighted by atomic mass is 9.92. The molecule has 0 amide bonds. The number of piperidine rings is 1. The second kappa shape index (κ2) is 5.47. The van der Waals surface area contributed by atoms with Crippen LogP contribution in [0.5, 0.6) is 11.5 Å². The van der Waals surface area contributed by atoms with E-state index in [1.165, 1.54) is 10.4 Å². The van der Waals surface area contributed by atoms with Gasteiger partial charge < -0.3 is 15.2 Å². The molecule has 1 fully saturated rings. The quantitative estimate of drug-likeness (QED) is 0.906. The first kappa shape index (κ1) is 14.6. The van der Waals surface area contributed by atoms with E-state index in [9.17, 15) is 8.42 Å². The Morgan fingerprint density at radius 2 is 1.90 bits per heavy atom. The summed E-state index contributed by atoms with van der Waals surface area (Å²) in [6.07, 6.45) is 1.61. The first-order valence-electron chi connectivity index (χ1n) is 7.14. The summed E-state index contributed by atoms with van der Waals surface area (Å²) in [5, 5.41) is 0. The summed E-state index contributed by atoms with van der Waals surface area (Å²) in [6.45, 7) is 3.15. The Morgan fingerprint density at radius 1 is 1.24 bits per heavy atom. The van der Waals surface area contributed by atoms with Crippen molar-refractivity contribution in [2.75, 3.05) is 19.9 Å². The number of fused-ring (bicyclic) bond motifs is 1. The Balaban J connectivity index is 1.78. The number of sulfonamides is 1. The number of hydrogen-bond acceptors (Lipinski definition) is 5. The first-order valence-corrected chi connectivity index (χ1v) is 8.58. The summed E-state index contributed by atoms with van der Waals surface area (Å²) in [5.41, 5.74) is 5.90. The van der Waals surface area contributed by atoms with Gasteiger partial charge in [-0.3, -0.25) is 0 Å². The molecule has 116 valence electrons. The number of ether oxygens (including phenoxy) is 2. The molecular weight excluding hydrogens is 292 g/mol.